The lowest BCUT2D eigenvalue weighted by atomic mass is 10.1. The minimum atomic E-state index is -4.24. The van der Waals surface area contributed by atoms with E-state index in [1.807, 2.05) is 13.8 Å². The first-order valence-corrected chi connectivity index (χ1v) is 15.4. The smallest absolute Gasteiger partial charge is 0.264 e. The van der Waals surface area contributed by atoms with Crippen molar-refractivity contribution in [3.8, 4) is 5.75 Å². The van der Waals surface area contributed by atoms with Crippen molar-refractivity contribution >= 4 is 62.3 Å². The lowest BCUT2D eigenvalue weighted by Crippen LogP contribution is -2.51. The number of sulfonamides is 1. The number of rotatable bonds is 12. The molecule has 8 nitrogen and oxygen atoms in total. The van der Waals surface area contributed by atoms with Crippen molar-refractivity contribution in [2.75, 3.05) is 24.5 Å². The SMILES string of the molecule is CCCNC(=O)[C@@H](C)N(Cc1ccc(Cl)cc1Cl)C(=O)CN(c1ccc(OC)c(Cl)c1)S(=O)(=O)c1ccc(C)cc1. The number of anilines is 1. The molecular formula is C29H32Cl3N3O5S. The van der Waals surface area contributed by atoms with E-state index in [2.05, 4.69) is 5.32 Å². The second-order valence-electron chi connectivity index (χ2n) is 9.37. The van der Waals surface area contributed by atoms with Crippen molar-refractivity contribution in [3.63, 3.8) is 0 Å². The third-order valence-corrected chi connectivity index (χ3v) is 9.05. The molecule has 0 aliphatic rings. The van der Waals surface area contributed by atoms with Gasteiger partial charge in [0.05, 0.1) is 22.7 Å². The summed E-state index contributed by atoms with van der Waals surface area (Å²) < 4.78 is 34.0. The average molecular weight is 641 g/mol. The second kappa shape index (κ2) is 14.3. The Morgan fingerprint density at radius 1 is 0.976 bits per heavy atom. The Morgan fingerprint density at radius 3 is 2.24 bits per heavy atom. The summed E-state index contributed by atoms with van der Waals surface area (Å²) >= 11 is 18.8. The monoisotopic (exact) mass is 639 g/mol. The standard InChI is InChI=1S/C29H32Cl3N3O5S/c1-5-14-33-29(37)20(3)34(17-21-8-9-22(30)15-25(21)31)28(36)18-35(23-10-13-27(40-4)26(32)16-23)41(38,39)24-11-6-19(2)7-12-24/h6-13,15-16,20H,5,14,17-18H2,1-4H3,(H,33,37)/t20-/m1/s1. The third-order valence-electron chi connectivity index (χ3n) is 6.38. The van der Waals surface area contributed by atoms with E-state index >= 15 is 0 Å². The van der Waals surface area contributed by atoms with E-state index in [1.165, 1.54) is 48.4 Å². The molecule has 1 atom stereocenters. The van der Waals surface area contributed by atoms with Crippen LogP contribution in [-0.2, 0) is 26.2 Å². The first-order valence-electron chi connectivity index (χ1n) is 12.8. The Kier molecular flexibility index (Phi) is 11.3. The van der Waals surface area contributed by atoms with Gasteiger partial charge in [0, 0.05) is 23.1 Å². The Morgan fingerprint density at radius 2 is 1.66 bits per heavy atom. The number of ether oxygens (including phenoxy) is 1. The van der Waals surface area contributed by atoms with Crippen molar-refractivity contribution in [1.29, 1.82) is 0 Å². The van der Waals surface area contributed by atoms with Gasteiger partial charge in [-0.2, -0.15) is 0 Å². The maximum absolute atomic E-state index is 14.0. The Balaban J connectivity index is 2.08. The summed E-state index contributed by atoms with van der Waals surface area (Å²) in [4.78, 5) is 28.2. The highest BCUT2D eigenvalue weighted by molar-refractivity contribution is 7.92. The molecule has 220 valence electrons. The van der Waals surface area contributed by atoms with Gasteiger partial charge in [-0.25, -0.2) is 8.42 Å². The lowest BCUT2D eigenvalue weighted by molar-refractivity contribution is -0.139. The molecule has 0 bridgehead atoms. The number of halogens is 3. The van der Waals surface area contributed by atoms with Gasteiger partial charge in [0.2, 0.25) is 11.8 Å². The molecule has 0 heterocycles. The van der Waals surface area contributed by atoms with E-state index in [1.54, 1.807) is 31.2 Å². The minimum absolute atomic E-state index is 0.0103. The second-order valence-corrected chi connectivity index (χ2v) is 12.5. The van der Waals surface area contributed by atoms with E-state index in [-0.39, 0.29) is 28.1 Å². The van der Waals surface area contributed by atoms with Crippen LogP contribution < -0.4 is 14.4 Å². The number of nitrogens with zero attached hydrogens (tertiary/aromatic N) is 2. The first kappa shape index (κ1) is 32.5. The largest absolute Gasteiger partial charge is 0.495 e. The Labute approximate surface area is 256 Å². The van der Waals surface area contributed by atoms with Gasteiger partial charge in [0.25, 0.3) is 10.0 Å². The molecule has 0 aromatic heterocycles. The van der Waals surface area contributed by atoms with Gasteiger partial charge in [0.1, 0.15) is 18.3 Å². The highest BCUT2D eigenvalue weighted by Crippen LogP contribution is 2.32. The summed E-state index contributed by atoms with van der Waals surface area (Å²) in [6, 6.07) is 14.6. The van der Waals surface area contributed by atoms with Gasteiger partial charge >= 0.3 is 0 Å². The molecule has 0 unspecified atom stereocenters. The molecule has 0 fully saturated rings. The van der Waals surface area contributed by atoms with Gasteiger partial charge in [-0.15, -0.1) is 0 Å². The molecule has 12 heteroatoms. The number of hydrogen-bond acceptors (Lipinski definition) is 5. The molecule has 3 rings (SSSR count). The van der Waals surface area contributed by atoms with Gasteiger partial charge < -0.3 is 15.0 Å². The van der Waals surface area contributed by atoms with Crippen LogP contribution in [0.3, 0.4) is 0 Å². The van der Waals surface area contributed by atoms with E-state index in [9.17, 15) is 18.0 Å². The molecule has 0 aliphatic heterocycles. The molecular weight excluding hydrogens is 609 g/mol. The van der Waals surface area contributed by atoms with Crippen molar-refractivity contribution in [1.82, 2.24) is 10.2 Å². The van der Waals surface area contributed by atoms with Gasteiger partial charge in [0.15, 0.2) is 0 Å². The average Bonchev–Trinajstić information content (AvgIpc) is 2.93. The Hall–Kier alpha value is -2.98. The van der Waals surface area contributed by atoms with Crippen molar-refractivity contribution in [2.24, 2.45) is 0 Å². The summed E-state index contributed by atoms with van der Waals surface area (Å²) in [5.74, 6) is -0.668. The number of aryl methyl sites for hydroxylation is 1. The first-order chi connectivity index (χ1) is 19.4. The molecule has 0 saturated carbocycles. The third kappa shape index (κ3) is 8.07. The number of carbonyl (C=O) groups excluding carboxylic acids is 2. The molecule has 0 saturated heterocycles. The summed E-state index contributed by atoms with van der Waals surface area (Å²) in [7, 11) is -2.80. The maximum Gasteiger partial charge on any atom is 0.264 e. The number of amides is 2. The summed E-state index contributed by atoms with van der Waals surface area (Å²) in [5.41, 5.74) is 1.56. The molecule has 3 aromatic rings. The van der Waals surface area contributed by atoms with Crippen LogP contribution in [0.1, 0.15) is 31.4 Å². The molecule has 0 radical (unpaired) electrons. The van der Waals surface area contributed by atoms with Crippen LogP contribution in [0, 0.1) is 6.92 Å². The number of benzene rings is 3. The van der Waals surface area contributed by atoms with Gasteiger partial charge in [-0.1, -0.05) is 65.5 Å². The highest BCUT2D eigenvalue weighted by atomic mass is 35.5. The molecule has 2 amide bonds. The fourth-order valence-electron chi connectivity index (χ4n) is 3.99. The molecule has 0 spiro atoms. The fourth-order valence-corrected chi connectivity index (χ4v) is 6.11. The van der Waals surface area contributed by atoms with Gasteiger partial charge in [-0.05, 0) is 68.3 Å². The van der Waals surface area contributed by atoms with Crippen LogP contribution in [0.2, 0.25) is 15.1 Å². The lowest BCUT2D eigenvalue weighted by Gasteiger charge is -2.32. The number of hydrogen-bond donors (Lipinski definition) is 1. The highest BCUT2D eigenvalue weighted by Gasteiger charge is 2.33. The van der Waals surface area contributed by atoms with Crippen LogP contribution >= 0.6 is 34.8 Å². The quantitative estimate of drug-likeness (QED) is 0.258. The fraction of sp³-hybridized carbons (Fsp3) is 0.310. The molecule has 3 aromatic carbocycles. The zero-order valence-electron chi connectivity index (χ0n) is 23.2. The van der Waals surface area contributed by atoms with E-state index in [4.69, 9.17) is 39.5 Å². The topological polar surface area (TPSA) is 96.0 Å². The number of nitrogens with one attached hydrogen (secondary N) is 1. The normalized spacial score (nSPS) is 12.0. The predicted molar refractivity (Wildman–Crippen MR) is 163 cm³/mol. The molecule has 41 heavy (non-hydrogen) atoms. The molecule has 1 N–H and O–H groups in total. The van der Waals surface area contributed by atoms with Crippen LogP contribution in [0.25, 0.3) is 0 Å². The van der Waals surface area contributed by atoms with E-state index < -0.39 is 28.5 Å². The zero-order valence-corrected chi connectivity index (χ0v) is 26.2. The van der Waals surface area contributed by atoms with Crippen molar-refractivity contribution < 1.29 is 22.7 Å². The predicted octanol–water partition coefficient (Wildman–Crippen LogP) is 6.10. The Bertz CT molecular complexity index is 1500. The number of methoxy groups -OCH3 is 1. The van der Waals surface area contributed by atoms with E-state index in [0.29, 0.717) is 34.3 Å². The van der Waals surface area contributed by atoms with Crippen LogP contribution in [0.5, 0.6) is 5.75 Å². The van der Waals surface area contributed by atoms with Crippen LogP contribution in [-0.4, -0.2) is 51.4 Å². The van der Waals surface area contributed by atoms with Crippen molar-refractivity contribution in [2.45, 2.75) is 44.7 Å². The summed E-state index contributed by atoms with van der Waals surface area (Å²) in [5, 5.41) is 3.68. The minimum Gasteiger partial charge on any atom is -0.495 e. The van der Waals surface area contributed by atoms with Gasteiger partial charge in [-0.3, -0.25) is 13.9 Å². The zero-order chi connectivity index (χ0) is 30.3. The van der Waals surface area contributed by atoms with E-state index in [0.717, 1.165) is 9.87 Å². The summed E-state index contributed by atoms with van der Waals surface area (Å²) in [6.45, 7) is 5.08. The number of carbonyl (C=O) groups is 2. The summed E-state index contributed by atoms with van der Waals surface area (Å²) in [6.07, 6.45) is 0.705. The van der Waals surface area contributed by atoms with Crippen LogP contribution in [0.15, 0.2) is 65.6 Å². The van der Waals surface area contributed by atoms with Crippen LogP contribution in [0.4, 0.5) is 5.69 Å². The maximum atomic E-state index is 14.0. The van der Waals surface area contributed by atoms with Crippen molar-refractivity contribution in [3.05, 3.63) is 86.9 Å². The molecule has 0 aliphatic carbocycles.